The monoisotopic (exact) mass is 302 g/mol. The van der Waals surface area contributed by atoms with Crippen molar-refractivity contribution < 1.29 is 22.0 Å². The van der Waals surface area contributed by atoms with Gasteiger partial charge in [0.15, 0.2) is 0 Å². The molecule has 0 unspecified atom stereocenters. The molecular weight excluding hydrogens is 290 g/mol. The van der Waals surface area contributed by atoms with Gasteiger partial charge in [0.25, 0.3) is 0 Å². The minimum Gasteiger partial charge on any atom is -0.211 e. The van der Waals surface area contributed by atoms with E-state index in [-0.39, 0.29) is 19.1 Å². The van der Waals surface area contributed by atoms with E-state index < -0.39 is 26.6 Å². The third-order valence-electron chi connectivity index (χ3n) is 3.17. The molecule has 0 amide bonds. The highest BCUT2D eigenvalue weighted by atomic mass is 32.2. The first-order valence-electron chi connectivity index (χ1n) is 5.97. The van der Waals surface area contributed by atoms with Crippen LogP contribution in [0.5, 0.6) is 0 Å². The molecule has 0 radical (unpaired) electrons. The van der Waals surface area contributed by atoms with Crippen molar-refractivity contribution >= 4 is 16.1 Å². The summed E-state index contributed by atoms with van der Waals surface area (Å²) in [6, 6.07) is 2.10. The Hall–Kier alpha value is -1.63. The summed E-state index contributed by atoms with van der Waals surface area (Å²) in [6.07, 6.45) is 2.19. The van der Waals surface area contributed by atoms with Gasteiger partial charge in [0.2, 0.25) is 16.1 Å². The van der Waals surface area contributed by atoms with E-state index in [0.717, 1.165) is 16.4 Å². The summed E-state index contributed by atoms with van der Waals surface area (Å²) in [6.45, 7) is 0.268. The zero-order valence-electron chi connectivity index (χ0n) is 10.4. The molecule has 0 N–H and O–H groups in total. The number of nitrogens with zero attached hydrogens (tertiary/aromatic N) is 2. The fourth-order valence-corrected chi connectivity index (χ4v) is 3.62. The summed E-state index contributed by atoms with van der Waals surface area (Å²) < 4.78 is 52.0. The summed E-state index contributed by atoms with van der Waals surface area (Å²) in [5.41, 5.74) is 0. The minimum atomic E-state index is -4.00. The molecule has 5 nitrogen and oxygen atoms in total. The highest BCUT2D eigenvalue weighted by Gasteiger charge is 2.31. The summed E-state index contributed by atoms with van der Waals surface area (Å²) in [4.78, 5) is 13.1. The topological polar surface area (TPSA) is 66.8 Å². The Labute approximate surface area is 115 Å². The molecule has 1 fully saturated rings. The molecule has 1 saturated heterocycles. The van der Waals surface area contributed by atoms with Crippen LogP contribution in [0.15, 0.2) is 28.1 Å². The number of hydrogen-bond donors (Lipinski definition) is 0. The number of aliphatic imine (C=N–C) groups is 1. The van der Waals surface area contributed by atoms with Gasteiger partial charge in [-0.3, -0.25) is 0 Å². The Morgan fingerprint density at radius 3 is 2.45 bits per heavy atom. The number of sulfonamides is 1. The van der Waals surface area contributed by atoms with Gasteiger partial charge in [0, 0.05) is 19.2 Å². The lowest BCUT2D eigenvalue weighted by atomic mass is 10.1. The second-order valence-electron chi connectivity index (χ2n) is 4.43. The lowest BCUT2D eigenvalue weighted by Gasteiger charge is -2.28. The summed E-state index contributed by atoms with van der Waals surface area (Å²) in [7, 11) is -4.00. The van der Waals surface area contributed by atoms with Gasteiger partial charge in [-0.15, -0.1) is 0 Å². The third kappa shape index (κ3) is 2.92. The highest BCUT2D eigenvalue weighted by molar-refractivity contribution is 7.89. The normalized spacial score (nSPS) is 17.7. The number of carbonyl (C=O) groups excluding carboxylic acids is 1. The SMILES string of the molecule is O=C=NC1CCN(S(=O)(=O)c2ccc(F)cc2F)CC1. The summed E-state index contributed by atoms with van der Waals surface area (Å²) in [5, 5.41) is 0. The molecule has 0 spiro atoms. The van der Waals surface area contributed by atoms with E-state index in [0.29, 0.717) is 18.9 Å². The van der Waals surface area contributed by atoms with Crippen molar-refractivity contribution in [3.8, 4) is 0 Å². The number of hydrogen-bond acceptors (Lipinski definition) is 4. The van der Waals surface area contributed by atoms with Gasteiger partial charge in [-0.2, -0.15) is 4.31 Å². The molecule has 20 heavy (non-hydrogen) atoms. The maximum Gasteiger partial charge on any atom is 0.245 e. The van der Waals surface area contributed by atoms with Crippen LogP contribution in [0, 0.1) is 11.6 Å². The largest absolute Gasteiger partial charge is 0.245 e. The van der Waals surface area contributed by atoms with Crippen LogP contribution in [0.1, 0.15) is 12.8 Å². The number of halogens is 2. The van der Waals surface area contributed by atoms with Gasteiger partial charge in [-0.25, -0.2) is 27.0 Å². The first kappa shape index (κ1) is 14.8. The Morgan fingerprint density at radius 1 is 1.25 bits per heavy atom. The fraction of sp³-hybridized carbons (Fsp3) is 0.417. The lowest BCUT2D eigenvalue weighted by Crippen LogP contribution is -2.39. The van der Waals surface area contributed by atoms with Crippen LogP contribution in [0.4, 0.5) is 8.78 Å². The lowest BCUT2D eigenvalue weighted by molar-refractivity contribution is 0.319. The molecule has 2 rings (SSSR count). The van der Waals surface area contributed by atoms with Crippen molar-refractivity contribution in [1.82, 2.24) is 4.31 Å². The van der Waals surface area contributed by atoms with Gasteiger partial charge in [0.1, 0.15) is 16.5 Å². The van der Waals surface area contributed by atoms with Gasteiger partial charge in [-0.05, 0) is 25.0 Å². The quantitative estimate of drug-likeness (QED) is 0.627. The van der Waals surface area contributed by atoms with Crippen LogP contribution in [0.3, 0.4) is 0 Å². The zero-order chi connectivity index (χ0) is 14.8. The molecule has 8 heteroatoms. The van der Waals surface area contributed by atoms with Crippen molar-refractivity contribution in [3.63, 3.8) is 0 Å². The van der Waals surface area contributed by atoms with E-state index in [1.54, 1.807) is 0 Å². The van der Waals surface area contributed by atoms with Gasteiger partial charge in [-0.1, -0.05) is 0 Å². The van der Waals surface area contributed by atoms with E-state index in [2.05, 4.69) is 4.99 Å². The zero-order valence-corrected chi connectivity index (χ0v) is 11.2. The standard InChI is InChI=1S/C12H12F2N2O3S/c13-9-1-2-12(11(14)7-9)20(18,19)16-5-3-10(4-6-16)15-8-17/h1-2,7,10H,3-6H2. The van der Waals surface area contributed by atoms with Crippen molar-refractivity contribution in [2.45, 2.75) is 23.8 Å². The predicted molar refractivity (Wildman–Crippen MR) is 66.3 cm³/mol. The number of piperidine rings is 1. The number of isocyanates is 1. The van der Waals surface area contributed by atoms with Crippen LogP contribution in [-0.2, 0) is 14.8 Å². The van der Waals surface area contributed by atoms with E-state index in [4.69, 9.17) is 0 Å². The Kier molecular flexibility index (Phi) is 4.27. The maximum atomic E-state index is 13.6. The predicted octanol–water partition coefficient (Wildman–Crippen LogP) is 1.45. The highest BCUT2D eigenvalue weighted by Crippen LogP contribution is 2.24. The second kappa shape index (κ2) is 5.78. The van der Waals surface area contributed by atoms with E-state index in [9.17, 15) is 22.0 Å². The third-order valence-corrected chi connectivity index (χ3v) is 5.10. The van der Waals surface area contributed by atoms with Crippen LogP contribution >= 0.6 is 0 Å². The smallest absolute Gasteiger partial charge is 0.211 e. The van der Waals surface area contributed by atoms with Crippen molar-refractivity contribution in [3.05, 3.63) is 29.8 Å². The van der Waals surface area contributed by atoms with E-state index in [1.807, 2.05) is 0 Å². The molecule has 0 aliphatic carbocycles. The Balaban J connectivity index is 2.21. The molecular formula is C12H12F2N2O3S. The van der Waals surface area contributed by atoms with Crippen molar-refractivity contribution in [2.75, 3.05) is 13.1 Å². The van der Waals surface area contributed by atoms with Gasteiger partial charge in [0.05, 0.1) is 6.04 Å². The van der Waals surface area contributed by atoms with E-state index in [1.165, 1.54) is 6.08 Å². The molecule has 1 aromatic rings. The molecule has 1 aromatic carbocycles. The van der Waals surface area contributed by atoms with Gasteiger partial charge < -0.3 is 0 Å². The molecule has 108 valence electrons. The molecule has 0 saturated carbocycles. The van der Waals surface area contributed by atoms with E-state index >= 15 is 0 Å². The number of rotatable bonds is 3. The molecule has 1 aliphatic heterocycles. The molecule has 0 aromatic heterocycles. The molecule has 0 atom stereocenters. The van der Waals surface area contributed by atoms with Crippen molar-refractivity contribution in [2.24, 2.45) is 4.99 Å². The van der Waals surface area contributed by atoms with Crippen molar-refractivity contribution in [1.29, 1.82) is 0 Å². The Morgan fingerprint density at radius 2 is 1.90 bits per heavy atom. The van der Waals surface area contributed by atoms with Crippen LogP contribution in [-0.4, -0.2) is 37.9 Å². The summed E-state index contributed by atoms with van der Waals surface area (Å²) >= 11 is 0. The van der Waals surface area contributed by atoms with Crippen LogP contribution in [0.25, 0.3) is 0 Å². The fourth-order valence-electron chi connectivity index (χ4n) is 2.11. The molecule has 1 aliphatic rings. The average molecular weight is 302 g/mol. The number of benzene rings is 1. The van der Waals surface area contributed by atoms with Crippen LogP contribution < -0.4 is 0 Å². The second-order valence-corrected chi connectivity index (χ2v) is 6.34. The molecule has 1 heterocycles. The average Bonchev–Trinajstić information content (AvgIpc) is 2.39. The molecule has 0 bridgehead atoms. The summed E-state index contributed by atoms with van der Waals surface area (Å²) in [5.74, 6) is -1.95. The van der Waals surface area contributed by atoms with Crippen LogP contribution in [0.2, 0.25) is 0 Å². The first-order valence-corrected chi connectivity index (χ1v) is 7.41. The minimum absolute atomic E-state index is 0.134. The van der Waals surface area contributed by atoms with Gasteiger partial charge >= 0.3 is 0 Å². The maximum absolute atomic E-state index is 13.6. The first-order chi connectivity index (χ1) is 9.45. The Bertz CT molecular complexity index is 649.